The number of halogens is 2. The number of nitrogens with zero attached hydrogens (tertiary/aromatic N) is 1. The molecule has 2 rings (SSSR count). The first kappa shape index (κ1) is 15.7. The van der Waals surface area contributed by atoms with Crippen molar-refractivity contribution in [1.82, 2.24) is 0 Å². The Kier molecular flexibility index (Phi) is 4.50. The van der Waals surface area contributed by atoms with Gasteiger partial charge in [-0.25, -0.2) is 0 Å². The zero-order valence-electron chi connectivity index (χ0n) is 11.2. The van der Waals surface area contributed by atoms with Crippen LogP contribution in [0.2, 0.25) is 0 Å². The average molecular weight is 303 g/mol. The van der Waals surface area contributed by atoms with E-state index in [0.29, 0.717) is 0 Å². The summed E-state index contributed by atoms with van der Waals surface area (Å²) < 4.78 is 37.5. The Balaban J connectivity index is 2.09. The van der Waals surface area contributed by atoms with E-state index in [9.17, 15) is 24.0 Å². The number of aliphatic hydroxyl groups excluding tert-OH is 1. The third-order valence-electron chi connectivity index (χ3n) is 3.34. The summed E-state index contributed by atoms with van der Waals surface area (Å²) in [6.07, 6.45) is -4.67. The molecule has 1 aliphatic heterocycles. The van der Waals surface area contributed by atoms with Crippen molar-refractivity contribution >= 4 is 5.69 Å². The number of benzene rings is 1. The molecule has 0 radical (unpaired) electrons. The van der Waals surface area contributed by atoms with E-state index in [1.54, 1.807) is 13.0 Å². The van der Waals surface area contributed by atoms with Gasteiger partial charge in [0.05, 0.1) is 23.2 Å². The molecule has 0 aromatic heterocycles. The Morgan fingerprint density at radius 1 is 1.48 bits per heavy atom. The first-order chi connectivity index (χ1) is 9.87. The van der Waals surface area contributed by atoms with E-state index in [-0.39, 0.29) is 17.7 Å². The summed E-state index contributed by atoms with van der Waals surface area (Å²) in [4.78, 5) is 10.2. The molecule has 0 amide bonds. The van der Waals surface area contributed by atoms with Gasteiger partial charge in [0.2, 0.25) is 6.29 Å². The lowest BCUT2D eigenvalue weighted by Gasteiger charge is -2.19. The lowest BCUT2D eigenvalue weighted by Crippen LogP contribution is -2.40. The van der Waals surface area contributed by atoms with Crippen LogP contribution in [0.25, 0.3) is 0 Å². The molecule has 0 saturated carbocycles. The van der Waals surface area contributed by atoms with Crippen LogP contribution >= 0.6 is 0 Å². The third kappa shape index (κ3) is 3.02. The van der Waals surface area contributed by atoms with Crippen molar-refractivity contribution in [3.63, 3.8) is 0 Å². The van der Waals surface area contributed by atoms with E-state index >= 15 is 0 Å². The molecule has 1 aliphatic rings. The monoisotopic (exact) mass is 303 g/mol. The molecule has 1 aromatic rings. The number of hydrogen-bond donors (Lipinski definition) is 1. The molecular weight excluding hydrogens is 288 g/mol. The number of nitro groups is 1. The summed E-state index contributed by atoms with van der Waals surface area (Å²) in [5.74, 6) is -3.55. The fourth-order valence-electron chi connectivity index (χ4n) is 2.16. The molecule has 21 heavy (non-hydrogen) atoms. The number of hydrogen-bond acceptors (Lipinski definition) is 5. The van der Waals surface area contributed by atoms with Crippen molar-refractivity contribution in [2.45, 2.75) is 44.4 Å². The van der Waals surface area contributed by atoms with Crippen molar-refractivity contribution in [3.05, 3.63) is 39.9 Å². The highest BCUT2D eigenvalue weighted by atomic mass is 19.3. The molecule has 1 N–H and O–H groups in total. The van der Waals surface area contributed by atoms with Crippen LogP contribution in [0.15, 0.2) is 24.3 Å². The molecule has 8 heteroatoms. The van der Waals surface area contributed by atoms with E-state index in [4.69, 9.17) is 9.47 Å². The Bertz CT molecular complexity index is 525. The van der Waals surface area contributed by atoms with E-state index in [2.05, 4.69) is 0 Å². The average Bonchev–Trinajstić information content (AvgIpc) is 2.67. The number of aliphatic hydroxyl groups is 1. The van der Waals surface area contributed by atoms with E-state index < -0.39 is 36.0 Å². The summed E-state index contributed by atoms with van der Waals surface area (Å²) >= 11 is 0. The molecule has 3 unspecified atom stereocenters. The molecule has 116 valence electrons. The van der Waals surface area contributed by atoms with Crippen LogP contribution in [0.3, 0.4) is 0 Å². The van der Waals surface area contributed by atoms with Gasteiger partial charge < -0.3 is 14.6 Å². The molecule has 1 heterocycles. The van der Waals surface area contributed by atoms with Crippen molar-refractivity contribution in [2.75, 3.05) is 0 Å². The zero-order chi connectivity index (χ0) is 15.6. The highest BCUT2D eigenvalue weighted by Crippen LogP contribution is 2.38. The number of rotatable bonds is 5. The lowest BCUT2D eigenvalue weighted by molar-refractivity contribution is -0.386. The van der Waals surface area contributed by atoms with E-state index in [0.717, 1.165) is 0 Å². The van der Waals surface area contributed by atoms with Crippen LogP contribution in [0.5, 0.6) is 0 Å². The van der Waals surface area contributed by atoms with Crippen molar-refractivity contribution in [3.8, 4) is 0 Å². The summed E-state index contributed by atoms with van der Waals surface area (Å²) in [6, 6.07) is 5.69. The second-order valence-corrected chi connectivity index (χ2v) is 4.73. The van der Waals surface area contributed by atoms with Gasteiger partial charge in [-0.1, -0.05) is 19.1 Å². The first-order valence-electron chi connectivity index (χ1n) is 6.43. The predicted molar refractivity (Wildman–Crippen MR) is 67.8 cm³/mol. The Morgan fingerprint density at radius 2 is 2.14 bits per heavy atom. The molecule has 0 aliphatic carbocycles. The fourth-order valence-corrected chi connectivity index (χ4v) is 2.16. The van der Waals surface area contributed by atoms with Gasteiger partial charge in [-0.05, 0) is 12.5 Å². The topological polar surface area (TPSA) is 81.8 Å². The maximum Gasteiger partial charge on any atom is 0.325 e. The van der Waals surface area contributed by atoms with Gasteiger partial charge in [0.1, 0.15) is 6.10 Å². The predicted octanol–water partition coefficient (Wildman–Crippen LogP) is 2.24. The second kappa shape index (κ2) is 6.00. The Labute approximate surface area is 119 Å². The van der Waals surface area contributed by atoms with Crippen LogP contribution in [-0.2, 0) is 16.1 Å². The van der Waals surface area contributed by atoms with Crippen LogP contribution in [0.1, 0.15) is 18.9 Å². The normalized spacial score (nSPS) is 27.7. The van der Waals surface area contributed by atoms with Crippen LogP contribution in [-0.4, -0.2) is 34.5 Å². The molecule has 1 saturated heterocycles. The maximum absolute atomic E-state index is 13.8. The maximum atomic E-state index is 13.8. The van der Waals surface area contributed by atoms with Crippen LogP contribution < -0.4 is 0 Å². The summed E-state index contributed by atoms with van der Waals surface area (Å²) in [7, 11) is 0. The Morgan fingerprint density at radius 3 is 2.71 bits per heavy atom. The highest BCUT2D eigenvalue weighted by molar-refractivity contribution is 5.39. The minimum Gasteiger partial charge on any atom is -0.384 e. The van der Waals surface area contributed by atoms with Crippen molar-refractivity contribution < 1.29 is 28.3 Å². The van der Waals surface area contributed by atoms with Gasteiger partial charge in [0.25, 0.3) is 5.69 Å². The number of ether oxygens (including phenoxy) is 2. The Hall–Kier alpha value is -1.64. The van der Waals surface area contributed by atoms with Crippen LogP contribution in [0.4, 0.5) is 14.5 Å². The summed E-state index contributed by atoms with van der Waals surface area (Å²) in [5, 5.41) is 20.3. The van der Waals surface area contributed by atoms with E-state index in [1.807, 2.05) is 0 Å². The molecule has 0 spiro atoms. The molecule has 6 nitrogen and oxygen atoms in total. The quantitative estimate of drug-likeness (QED) is 0.666. The van der Waals surface area contributed by atoms with Gasteiger partial charge in [-0.2, -0.15) is 8.78 Å². The largest absolute Gasteiger partial charge is 0.384 e. The smallest absolute Gasteiger partial charge is 0.325 e. The molecule has 1 fully saturated rings. The highest BCUT2D eigenvalue weighted by Gasteiger charge is 2.58. The SMILES string of the molecule is CCC1OC(OCc2ccccc2[N+](=O)[O-])C(F)(F)C1O. The minimum atomic E-state index is -3.55. The van der Waals surface area contributed by atoms with Gasteiger partial charge in [-0.15, -0.1) is 0 Å². The fraction of sp³-hybridized carbons (Fsp3) is 0.538. The van der Waals surface area contributed by atoms with Crippen LogP contribution in [0, 0.1) is 10.1 Å². The molecular formula is C13H15F2NO5. The molecule has 3 atom stereocenters. The van der Waals surface area contributed by atoms with Crippen molar-refractivity contribution in [2.24, 2.45) is 0 Å². The molecule has 0 bridgehead atoms. The van der Waals surface area contributed by atoms with Gasteiger partial charge in [-0.3, -0.25) is 10.1 Å². The van der Waals surface area contributed by atoms with Gasteiger partial charge >= 0.3 is 5.92 Å². The van der Waals surface area contributed by atoms with Gasteiger partial charge in [0, 0.05) is 6.07 Å². The van der Waals surface area contributed by atoms with Gasteiger partial charge in [0.15, 0.2) is 0 Å². The summed E-state index contributed by atoms with van der Waals surface area (Å²) in [6.45, 7) is 1.20. The van der Waals surface area contributed by atoms with Crippen molar-refractivity contribution in [1.29, 1.82) is 0 Å². The first-order valence-corrected chi connectivity index (χ1v) is 6.43. The number of para-hydroxylation sites is 1. The van der Waals surface area contributed by atoms with E-state index in [1.165, 1.54) is 18.2 Å². The standard InChI is InChI=1S/C13H15F2NO5/c1-2-10-11(17)13(14,15)12(21-10)20-7-8-5-3-4-6-9(8)16(18)19/h3-6,10-12,17H,2,7H2,1H3. The lowest BCUT2D eigenvalue weighted by atomic mass is 10.1. The summed E-state index contributed by atoms with van der Waals surface area (Å²) in [5.41, 5.74) is -0.0530. The zero-order valence-corrected chi connectivity index (χ0v) is 11.2. The number of nitro benzene ring substituents is 1. The second-order valence-electron chi connectivity index (χ2n) is 4.73. The minimum absolute atomic E-state index is 0.163. The number of alkyl halides is 2. The molecule has 1 aromatic carbocycles. The third-order valence-corrected chi connectivity index (χ3v) is 3.34.